The summed E-state index contributed by atoms with van der Waals surface area (Å²) >= 11 is 3.65. The quantitative estimate of drug-likeness (QED) is 0.713. The number of fused-ring (bicyclic) bond motifs is 2. The lowest BCUT2D eigenvalue weighted by molar-refractivity contribution is 0.667. The molecule has 0 bridgehead atoms. The Hall–Kier alpha value is -0.890. The molecule has 2 aromatic rings. The van der Waals surface area contributed by atoms with Gasteiger partial charge in [0.15, 0.2) is 0 Å². The maximum atomic E-state index is 4.90. The van der Waals surface area contributed by atoms with Crippen LogP contribution in [0.25, 0.3) is 10.9 Å². The maximum Gasteiger partial charge on any atom is 0.0737 e. The maximum absolute atomic E-state index is 4.90. The van der Waals surface area contributed by atoms with Gasteiger partial charge in [0.1, 0.15) is 0 Å². The fraction of sp³-hybridized carbons (Fsp3) is 0.400. The third kappa shape index (κ3) is 1.79. The number of benzene rings is 1. The molecule has 0 saturated heterocycles. The van der Waals surface area contributed by atoms with Crippen molar-refractivity contribution >= 4 is 26.8 Å². The van der Waals surface area contributed by atoms with Crippen molar-refractivity contribution in [2.45, 2.75) is 37.9 Å². The van der Waals surface area contributed by atoms with Gasteiger partial charge in [-0.15, -0.1) is 0 Å². The summed E-state index contributed by atoms with van der Waals surface area (Å²) in [7, 11) is 0. The highest BCUT2D eigenvalue weighted by Gasteiger charge is 2.17. The topological polar surface area (TPSA) is 12.9 Å². The van der Waals surface area contributed by atoms with Gasteiger partial charge in [-0.2, -0.15) is 0 Å². The zero-order valence-electron chi connectivity index (χ0n) is 10.1. The summed E-state index contributed by atoms with van der Waals surface area (Å²) in [5, 5.41) is 2.28. The minimum absolute atomic E-state index is 0.942. The molecule has 2 heteroatoms. The predicted molar refractivity (Wildman–Crippen MR) is 75.8 cm³/mol. The van der Waals surface area contributed by atoms with Crippen molar-refractivity contribution in [3.63, 3.8) is 0 Å². The number of nitrogens with zero attached hydrogens (tertiary/aromatic N) is 1. The van der Waals surface area contributed by atoms with Crippen molar-refractivity contribution in [1.29, 1.82) is 0 Å². The first-order valence-corrected chi connectivity index (χ1v) is 7.39. The van der Waals surface area contributed by atoms with Gasteiger partial charge in [-0.05, 0) is 49.3 Å². The van der Waals surface area contributed by atoms with Gasteiger partial charge in [0.05, 0.1) is 5.52 Å². The molecule has 88 valence electrons. The van der Waals surface area contributed by atoms with Crippen molar-refractivity contribution in [2.24, 2.45) is 0 Å². The number of hydrogen-bond acceptors (Lipinski definition) is 1. The van der Waals surface area contributed by atoms with E-state index in [1.165, 1.54) is 52.5 Å². The molecule has 0 aliphatic heterocycles. The molecular formula is C15H16BrN. The Morgan fingerprint density at radius 1 is 1.24 bits per heavy atom. The Bertz CT molecular complexity index is 575. The molecule has 1 heterocycles. The summed E-state index contributed by atoms with van der Waals surface area (Å²) in [5.41, 5.74) is 6.80. The standard InChI is InChI=1S/C15H16BrN/c1-10-5-4-7-12-13(9-16)11-6-2-3-8-14(11)17-15(10)12/h4-5,7H,2-3,6,8-9H2,1H3. The Labute approximate surface area is 110 Å². The summed E-state index contributed by atoms with van der Waals surface area (Å²) in [4.78, 5) is 4.90. The van der Waals surface area contributed by atoms with Gasteiger partial charge in [0, 0.05) is 16.4 Å². The van der Waals surface area contributed by atoms with Gasteiger partial charge in [0.2, 0.25) is 0 Å². The Balaban J connectivity index is 2.39. The predicted octanol–water partition coefficient (Wildman–Crippen LogP) is 4.32. The van der Waals surface area contributed by atoms with Gasteiger partial charge in [0.25, 0.3) is 0 Å². The van der Waals surface area contributed by atoms with Crippen LogP contribution in [-0.2, 0) is 18.2 Å². The molecule has 0 fully saturated rings. The van der Waals surface area contributed by atoms with Crippen LogP contribution in [0.2, 0.25) is 0 Å². The van der Waals surface area contributed by atoms with Crippen molar-refractivity contribution in [2.75, 3.05) is 0 Å². The monoisotopic (exact) mass is 289 g/mol. The molecule has 0 saturated carbocycles. The molecular weight excluding hydrogens is 274 g/mol. The molecule has 0 atom stereocenters. The fourth-order valence-electron chi connectivity index (χ4n) is 2.84. The number of aromatic nitrogens is 1. The second-order valence-corrected chi connectivity index (χ2v) is 5.39. The average Bonchev–Trinajstić information content (AvgIpc) is 2.37. The molecule has 0 radical (unpaired) electrons. The number of alkyl halides is 1. The smallest absolute Gasteiger partial charge is 0.0737 e. The number of pyridine rings is 1. The lowest BCUT2D eigenvalue weighted by Crippen LogP contribution is -2.09. The summed E-state index contributed by atoms with van der Waals surface area (Å²) in [6.45, 7) is 2.16. The van der Waals surface area contributed by atoms with Gasteiger partial charge >= 0.3 is 0 Å². The molecule has 0 amide bonds. The van der Waals surface area contributed by atoms with Crippen LogP contribution in [0.1, 0.15) is 35.2 Å². The highest BCUT2D eigenvalue weighted by molar-refractivity contribution is 9.08. The van der Waals surface area contributed by atoms with E-state index < -0.39 is 0 Å². The van der Waals surface area contributed by atoms with E-state index in [0.717, 1.165) is 11.8 Å². The van der Waals surface area contributed by atoms with Crippen molar-refractivity contribution < 1.29 is 0 Å². The van der Waals surface area contributed by atoms with E-state index in [-0.39, 0.29) is 0 Å². The molecule has 1 aliphatic rings. The van der Waals surface area contributed by atoms with Crippen molar-refractivity contribution in [1.82, 2.24) is 4.98 Å². The van der Waals surface area contributed by atoms with Gasteiger partial charge in [-0.1, -0.05) is 34.1 Å². The van der Waals surface area contributed by atoms with Crippen LogP contribution in [0, 0.1) is 6.92 Å². The summed E-state index contributed by atoms with van der Waals surface area (Å²) in [6.07, 6.45) is 4.96. The van der Waals surface area contributed by atoms with Gasteiger partial charge in [-0.25, -0.2) is 0 Å². The molecule has 1 aromatic carbocycles. The van der Waals surface area contributed by atoms with Crippen LogP contribution in [0.15, 0.2) is 18.2 Å². The van der Waals surface area contributed by atoms with Crippen LogP contribution in [0.4, 0.5) is 0 Å². The van der Waals surface area contributed by atoms with Crippen molar-refractivity contribution in [3.8, 4) is 0 Å². The third-order valence-corrected chi connectivity index (χ3v) is 4.31. The average molecular weight is 290 g/mol. The molecule has 17 heavy (non-hydrogen) atoms. The van der Waals surface area contributed by atoms with Crippen LogP contribution >= 0.6 is 15.9 Å². The Morgan fingerprint density at radius 3 is 2.88 bits per heavy atom. The van der Waals surface area contributed by atoms with Crippen LogP contribution < -0.4 is 0 Å². The number of halogens is 1. The normalized spacial score (nSPS) is 14.9. The summed E-state index contributed by atoms with van der Waals surface area (Å²) in [5.74, 6) is 0. The third-order valence-electron chi connectivity index (χ3n) is 3.75. The largest absolute Gasteiger partial charge is 0.252 e. The van der Waals surface area contributed by atoms with E-state index in [0.29, 0.717) is 0 Å². The van der Waals surface area contributed by atoms with Gasteiger partial charge in [-0.3, -0.25) is 4.98 Å². The van der Waals surface area contributed by atoms with Crippen LogP contribution in [0.3, 0.4) is 0 Å². The lowest BCUT2D eigenvalue weighted by Gasteiger charge is -2.20. The Kier molecular flexibility index (Phi) is 2.91. The molecule has 3 rings (SSSR count). The minimum atomic E-state index is 0.942. The zero-order valence-corrected chi connectivity index (χ0v) is 11.7. The zero-order chi connectivity index (χ0) is 11.8. The molecule has 0 spiro atoms. The minimum Gasteiger partial charge on any atom is -0.252 e. The highest BCUT2D eigenvalue weighted by Crippen LogP contribution is 2.31. The first-order chi connectivity index (χ1) is 8.31. The number of para-hydroxylation sites is 1. The molecule has 1 aromatic heterocycles. The van der Waals surface area contributed by atoms with E-state index in [1.54, 1.807) is 0 Å². The molecule has 1 aliphatic carbocycles. The highest BCUT2D eigenvalue weighted by atomic mass is 79.9. The van der Waals surface area contributed by atoms with E-state index in [1.807, 2.05) is 0 Å². The molecule has 1 nitrogen and oxygen atoms in total. The van der Waals surface area contributed by atoms with E-state index in [9.17, 15) is 0 Å². The Morgan fingerprint density at radius 2 is 2.06 bits per heavy atom. The van der Waals surface area contributed by atoms with Crippen LogP contribution in [-0.4, -0.2) is 4.98 Å². The first-order valence-electron chi connectivity index (χ1n) is 6.27. The number of rotatable bonds is 1. The van der Waals surface area contributed by atoms with Crippen molar-refractivity contribution in [3.05, 3.63) is 40.6 Å². The number of hydrogen-bond donors (Lipinski definition) is 0. The molecule has 0 N–H and O–H groups in total. The summed E-state index contributed by atoms with van der Waals surface area (Å²) < 4.78 is 0. The second-order valence-electron chi connectivity index (χ2n) is 4.83. The molecule has 0 unspecified atom stereocenters. The van der Waals surface area contributed by atoms with E-state index in [2.05, 4.69) is 41.1 Å². The lowest BCUT2D eigenvalue weighted by atomic mass is 9.90. The van der Waals surface area contributed by atoms with Crippen LogP contribution in [0.5, 0.6) is 0 Å². The fourth-order valence-corrected chi connectivity index (χ4v) is 3.48. The SMILES string of the molecule is Cc1cccc2c(CBr)c3c(nc12)CCCC3. The second kappa shape index (κ2) is 4.41. The summed E-state index contributed by atoms with van der Waals surface area (Å²) in [6, 6.07) is 6.50. The van der Waals surface area contributed by atoms with E-state index in [4.69, 9.17) is 4.98 Å². The first kappa shape index (κ1) is 11.2. The van der Waals surface area contributed by atoms with E-state index >= 15 is 0 Å². The van der Waals surface area contributed by atoms with Gasteiger partial charge < -0.3 is 0 Å². The number of aryl methyl sites for hydroxylation is 2.